The number of ether oxygens (including phenoxy) is 1. The molecule has 1 aliphatic rings. The molecule has 5 N–H and O–H groups in total. The molecule has 0 saturated carbocycles. The highest BCUT2D eigenvalue weighted by molar-refractivity contribution is 5.73. The number of aromatic nitrogens is 4. The average molecular weight is 392 g/mol. The first-order chi connectivity index (χ1) is 13.5. The number of rotatable bonds is 8. The van der Waals surface area contributed by atoms with Crippen LogP contribution in [0.4, 0.5) is 5.95 Å². The number of anilines is 1. The number of aliphatic hydroxyl groups is 3. The maximum atomic E-state index is 10.4. The van der Waals surface area contributed by atoms with Gasteiger partial charge in [-0.3, -0.25) is 14.5 Å². The zero-order valence-corrected chi connectivity index (χ0v) is 16.1. The molecule has 0 bridgehead atoms. The summed E-state index contributed by atoms with van der Waals surface area (Å²) in [6, 6.07) is 0. The van der Waals surface area contributed by atoms with Crippen LogP contribution < -0.4 is 10.8 Å². The largest absolute Gasteiger partial charge is 0.394 e. The van der Waals surface area contributed by atoms with E-state index in [2.05, 4.69) is 22.2 Å². The van der Waals surface area contributed by atoms with Crippen LogP contribution >= 0.6 is 0 Å². The lowest BCUT2D eigenvalue weighted by Gasteiger charge is -2.19. The summed E-state index contributed by atoms with van der Waals surface area (Å²) in [5, 5.41) is 41.4. The number of aliphatic hydroxyl groups excluding tert-OH is 3. The van der Waals surface area contributed by atoms with Gasteiger partial charge in [0.1, 0.15) is 24.6 Å². The highest BCUT2D eigenvalue weighted by Gasteiger charge is 2.45. The van der Waals surface area contributed by atoms with Crippen molar-refractivity contribution in [1.82, 2.24) is 19.1 Å². The number of nitrogens with one attached hydrogen (secondary N) is 2. The van der Waals surface area contributed by atoms with E-state index in [9.17, 15) is 15.3 Å². The number of allylic oxidation sites excluding steroid dienone is 1. The van der Waals surface area contributed by atoms with Gasteiger partial charge in [-0.1, -0.05) is 25.8 Å². The smallest absolute Gasteiger partial charge is 0.207 e. The summed E-state index contributed by atoms with van der Waals surface area (Å²) >= 11 is 0. The van der Waals surface area contributed by atoms with Crippen molar-refractivity contribution < 1.29 is 20.1 Å². The minimum Gasteiger partial charge on any atom is -0.394 e. The van der Waals surface area contributed by atoms with Crippen LogP contribution in [-0.4, -0.2) is 65.9 Å². The Morgan fingerprint density at radius 3 is 2.75 bits per heavy atom. The van der Waals surface area contributed by atoms with Crippen LogP contribution in [0.5, 0.6) is 0 Å². The van der Waals surface area contributed by atoms with Gasteiger partial charge in [0.15, 0.2) is 22.9 Å². The highest BCUT2D eigenvalue weighted by atomic mass is 16.6. The quantitative estimate of drug-likeness (QED) is 0.410. The molecule has 10 heteroatoms. The Kier molecular flexibility index (Phi) is 6.45. The molecule has 10 nitrogen and oxygen atoms in total. The SMILES string of the molecule is CCCC/C=C/n1cnc2c(nc(NCC)n2[C@@H]2O[C@H](CO)[C@@H](O)[C@H]2O)c1=N. The van der Waals surface area contributed by atoms with Gasteiger partial charge in [0, 0.05) is 12.7 Å². The van der Waals surface area contributed by atoms with Crippen molar-refractivity contribution >= 4 is 23.3 Å². The molecular formula is C18H28N6O4. The summed E-state index contributed by atoms with van der Waals surface area (Å²) in [5.74, 6) is 0.376. The zero-order chi connectivity index (χ0) is 20.3. The molecule has 1 saturated heterocycles. The lowest BCUT2D eigenvalue weighted by atomic mass is 10.1. The average Bonchev–Trinajstić information content (AvgIpc) is 3.19. The van der Waals surface area contributed by atoms with Crippen molar-refractivity contribution in [2.24, 2.45) is 0 Å². The normalized spacial score (nSPS) is 25.2. The van der Waals surface area contributed by atoms with Crippen molar-refractivity contribution in [3.63, 3.8) is 0 Å². The van der Waals surface area contributed by atoms with Gasteiger partial charge in [0.2, 0.25) is 5.95 Å². The summed E-state index contributed by atoms with van der Waals surface area (Å²) in [6.07, 6.45) is 4.02. The molecule has 0 spiro atoms. The fourth-order valence-electron chi connectivity index (χ4n) is 3.24. The summed E-state index contributed by atoms with van der Waals surface area (Å²) in [4.78, 5) is 8.89. The van der Waals surface area contributed by atoms with Crippen LogP contribution in [0.15, 0.2) is 12.4 Å². The predicted molar refractivity (Wildman–Crippen MR) is 103 cm³/mol. The van der Waals surface area contributed by atoms with E-state index in [0.29, 0.717) is 23.7 Å². The number of imidazole rings is 1. The van der Waals surface area contributed by atoms with Gasteiger partial charge < -0.3 is 25.4 Å². The van der Waals surface area contributed by atoms with Crippen molar-refractivity contribution in [1.29, 1.82) is 5.41 Å². The summed E-state index contributed by atoms with van der Waals surface area (Å²) < 4.78 is 8.77. The molecular weight excluding hydrogens is 364 g/mol. The van der Waals surface area contributed by atoms with Gasteiger partial charge in [-0.2, -0.15) is 0 Å². The van der Waals surface area contributed by atoms with Gasteiger partial charge in [-0.05, 0) is 13.3 Å². The van der Waals surface area contributed by atoms with Crippen LogP contribution in [0.25, 0.3) is 17.4 Å². The van der Waals surface area contributed by atoms with Crippen LogP contribution in [0.1, 0.15) is 39.3 Å². The van der Waals surface area contributed by atoms with Crippen molar-refractivity contribution in [3.05, 3.63) is 17.9 Å². The van der Waals surface area contributed by atoms with E-state index in [0.717, 1.165) is 19.3 Å². The summed E-state index contributed by atoms with van der Waals surface area (Å²) in [6.45, 7) is 4.16. The molecule has 1 fully saturated rings. The van der Waals surface area contributed by atoms with E-state index in [-0.39, 0.29) is 5.49 Å². The summed E-state index contributed by atoms with van der Waals surface area (Å²) in [7, 11) is 0. The molecule has 2 aromatic rings. The van der Waals surface area contributed by atoms with E-state index < -0.39 is 31.1 Å². The van der Waals surface area contributed by atoms with Crippen molar-refractivity contribution in [2.75, 3.05) is 18.5 Å². The van der Waals surface area contributed by atoms with Gasteiger partial charge in [-0.25, -0.2) is 9.97 Å². The van der Waals surface area contributed by atoms with E-state index in [1.807, 2.05) is 13.0 Å². The molecule has 0 aliphatic carbocycles. The molecule has 28 heavy (non-hydrogen) atoms. The van der Waals surface area contributed by atoms with Gasteiger partial charge in [0.25, 0.3) is 0 Å². The molecule has 154 valence electrons. The van der Waals surface area contributed by atoms with E-state index in [1.165, 1.54) is 10.9 Å². The second-order valence-electron chi connectivity index (χ2n) is 6.76. The van der Waals surface area contributed by atoms with E-state index in [1.54, 1.807) is 10.8 Å². The van der Waals surface area contributed by atoms with E-state index >= 15 is 0 Å². The van der Waals surface area contributed by atoms with Gasteiger partial charge in [-0.15, -0.1) is 0 Å². The first kappa shape index (κ1) is 20.5. The second-order valence-corrected chi connectivity index (χ2v) is 6.76. The van der Waals surface area contributed by atoms with Crippen LogP contribution in [0.3, 0.4) is 0 Å². The maximum absolute atomic E-state index is 10.4. The molecule has 0 amide bonds. The Hall–Kier alpha value is -2.27. The molecule has 3 rings (SSSR count). The van der Waals surface area contributed by atoms with Crippen LogP contribution in [-0.2, 0) is 4.74 Å². The number of fused-ring (bicyclic) bond motifs is 1. The van der Waals surface area contributed by atoms with Crippen LogP contribution in [0.2, 0.25) is 0 Å². The third-order valence-electron chi connectivity index (χ3n) is 4.77. The first-order valence-corrected chi connectivity index (χ1v) is 9.60. The van der Waals surface area contributed by atoms with Crippen LogP contribution in [0, 0.1) is 5.41 Å². The highest BCUT2D eigenvalue weighted by Crippen LogP contribution is 2.33. The zero-order valence-electron chi connectivity index (χ0n) is 16.1. The lowest BCUT2D eigenvalue weighted by molar-refractivity contribution is -0.0501. The molecule has 3 heterocycles. The van der Waals surface area contributed by atoms with Crippen molar-refractivity contribution in [2.45, 2.75) is 57.6 Å². The Morgan fingerprint density at radius 1 is 1.32 bits per heavy atom. The van der Waals surface area contributed by atoms with Gasteiger partial charge >= 0.3 is 0 Å². The topological polar surface area (TPSA) is 141 Å². The predicted octanol–water partition coefficient (Wildman–Crippen LogP) is 0.416. The molecule has 0 unspecified atom stereocenters. The molecule has 2 aromatic heterocycles. The number of unbranched alkanes of at least 4 members (excludes halogenated alkanes) is 2. The Balaban J connectivity index is 2.05. The molecule has 1 aliphatic heterocycles. The first-order valence-electron chi connectivity index (χ1n) is 9.60. The minimum absolute atomic E-state index is 0.155. The fraction of sp³-hybridized carbons (Fsp3) is 0.611. The number of hydrogen-bond donors (Lipinski definition) is 5. The summed E-state index contributed by atoms with van der Waals surface area (Å²) in [5.41, 5.74) is 0.854. The van der Waals surface area contributed by atoms with Crippen molar-refractivity contribution in [3.8, 4) is 0 Å². The Labute approximate surface area is 162 Å². The molecule has 0 radical (unpaired) electrons. The molecule has 4 atom stereocenters. The van der Waals surface area contributed by atoms with E-state index in [4.69, 9.17) is 10.1 Å². The van der Waals surface area contributed by atoms with Gasteiger partial charge in [0.05, 0.1) is 6.61 Å². The standard InChI is InChI=1S/C18H28N6O4/c1-3-5-6-7-8-23-10-21-16-12(15(23)19)22-18(20-4-2)24(16)17-14(27)13(26)11(9-25)28-17/h7-8,10-11,13-14,17,19,25-27H,3-6,9H2,1-2H3,(H,20,22)/b8-7+,19-15?/t11-,13-,14-,17-/m1/s1. The molecule has 0 aromatic carbocycles. The second kappa shape index (κ2) is 8.82. The minimum atomic E-state index is -1.26. The Morgan fingerprint density at radius 2 is 2.11 bits per heavy atom. The monoisotopic (exact) mass is 392 g/mol. The fourth-order valence-corrected chi connectivity index (χ4v) is 3.24. The third-order valence-corrected chi connectivity index (χ3v) is 4.77. The lowest BCUT2D eigenvalue weighted by Crippen LogP contribution is -2.33. The Bertz CT molecular complexity index is 892. The third kappa shape index (κ3) is 3.68. The number of nitrogens with zero attached hydrogens (tertiary/aromatic N) is 4. The maximum Gasteiger partial charge on any atom is 0.207 e. The number of hydrogen-bond acceptors (Lipinski definition) is 8.